The van der Waals surface area contributed by atoms with Gasteiger partial charge in [0.1, 0.15) is 19.3 Å². The summed E-state index contributed by atoms with van der Waals surface area (Å²) in [6.45, 7) is 7.05. The highest BCUT2D eigenvalue weighted by Gasteiger charge is 2.45. The van der Waals surface area contributed by atoms with Gasteiger partial charge in [0.05, 0.1) is 5.60 Å². The number of carboxylic acid groups (broad SMARTS) is 1. The zero-order valence-corrected chi connectivity index (χ0v) is 16.0. The summed E-state index contributed by atoms with van der Waals surface area (Å²) in [4.78, 5) is 23.9. The molecule has 1 fully saturated rings. The Balaban J connectivity index is 1.54. The molecule has 0 radical (unpaired) electrons. The van der Waals surface area contributed by atoms with Crippen molar-refractivity contribution in [1.29, 1.82) is 0 Å². The van der Waals surface area contributed by atoms with Gasteiger partial charge in [0, 0.05) is 18.9 Å². The zero-order chi connectivity index (χ0) is 19.6. The van der Waals surface area contributed by atoms with E-state index >= 15 is 0 Å². The highest BCUT2D eigenvalue weighted by atomic mass is 16.6. The molecular weight excluding hydrogens is 350 g/mol. The second-order valence-corrected chi connectivity index (χ2v) is 8.00. The van der Waals surface area contributed by atoms with Gasteiger partial charge >= 0.3 is 5.97 Å². The summed E-state index contributed by atoms with van der Waals surface area (Å²) in [6, 6.07) is 4.78. The molecule has 1 aromatic carbocycles. The Hall–Kier alpha value is -2.28. The first-order valence-corrected chi connectivity index (χ1v) is 9.31. The summed E-state index contributed by atoms with van der Waals surface area (Å²) in [5.41, 5.74) is 0.676. The molecule has 0 aromatic heterocycles. The van der Waals surface area contributed by atoms with Gasteiger partial charge in [-0.1, -0.05) is 6.07 Å². The van der Waals surface area contributed by atoms with E-state index in [-0.39, 0.29) is 36.4 Å². The van der Waals surface area contributed by atoms with Crippen LogP contribution in [0.25, 0.3) is 0 Å². The van der Waals surface area contributed by atoms with E-state index in [1.54, 1.807) is 0 Å². The minimum atomic E-state index is -1.04. The fourth-order valence-corrected chi connectivity index (χ4v) is 3.16. The lowest BCUT2D eigenvalue weighted by atomic mass is 10.1. The average molecular weight is 377 g/mol. The maximum absolute atomic E-state index is 12.5. The fraction of sp³-hybridized carbons (Fsp3) is 0.600. The van der Waals surface area contributed by atoms with Crippen molar-refractivity contribution in [2.24, 2.45) is 5.92 Å². The van der Waals surface area contributed by atoms with Gasteiger partial charge in [-0.2, -0.15) is 0 Å². The Morgan fingerprint density at radius 1 is 1.26 bits per heavy atom. The van der Waals surface area contributed by atoms with Crippen LogP contribution in [0.1, 0.15) is 45.1 Å². The van der Waals surface area contributed by atoms with E-state index in [9.17, 15) is 14.7 Å². The third-order valence-electron chi connectivity index (χ3n) is 4.68. The van der Waals surface area contributed by atoms with Gasteiger partial charge in [0.25, 0.3) is 0 Å². The molecule has 2 N–H and O–H groups in total. The number of amides is 1. The first-order valence-electron chi connectivity index (χ1n) is 9.31. The number of hydrogen-bond donors (Lipinski definition) is 2. The first kappa shape index (κ1) is 19.5. The van der Waals surface area contributed by atoms with E-state index in [0.717, 1.165) is 11.3 Å². The van der Waals surface area contributed by atoms with Gasteiger partial charge in [0.15, 0.2) is 11.5 Å². The monoisotopic (exact) mass is 377 g/mol. The summed E-state index contributed by atoms with van der Waals surface area (Å²) in [5, 5.41) is 12.0. The largest absolute Gasteiger partial charge is 0.486 e. The molecule has 7 heteroatoms. The van der Waals surface area contributed by atoms with Crippen LogP contribution in [0.3, 0.4) is 0 Å². The molecule has 0 saturated heterocycles. The summed E-state index contributed by atoms with van der Waals surface area (Å²) in [5.74, 6) is 0.0264. The second kappa shape index (κ2) is 7.76. The third kappa shape index (κ3) is 5.13. The lowest BCUT2D eigenvalue weighted by molar-refractivity contribution is -0.143. The number of carbonyl (C=O) groups is 2. The van der Waals surface area contributed by atoms with Crippen molar-refractivity contribution in [3.05, 3.63) is 23.8 Å². The second-order valence-electron chi connectivity index (χ2n) is 8.00. The van der Waals surface area contributed by atoms with Gasteiger partial charge in [-0.05, 0) is 50.8 Å². The molecule has 3 unspecified atom stereocenters. The number of fused-ring (bicyclic) bond motifs is 1. The maximum atomic E-state index is 12.5. The van der Waals surface area contributed by atoms with Crippen LogP contribution in [0.4, 0.5) is 0 Å². The number of nitrogens with one attached hydrogen (secondary N) is 1. The molecule has 7 nitrogen and oxygen atoms in total. The van der Waals surface area contributed by atoms with Crippen LogP contribution < -0.4 is 14.8 Å². The first-order chi connectivity index (χ1) is 12.7. The van der Waals surface area contributed by atoms with Gasteiger partial charge in [-0.3, -0.25) is 4.79 Å². The SMILES string of the molecule is CC(C)(C)OCCC(NC(=O)C1CC1c1ccc2c(c1)OCCO2)C(=O)O. The van der Waals surface area contributed by atoms with Crippen LogP contribution in [0.15, 0.2) is 18.2 Å². The van der Waals surface area contributed by atoms with Crippen molar-refractivity contribution in [3.8, 4) is 11.5 Å². The smallest absolute Gasteiger partial charge is 0.326 e. The minimum absolute atomic E-state index is 0.0843. The molecule has 3 rings (SSSR count). The summed E-state index contributed by atoms with van der Waals surface area (Å²) >= 11 is 0. The van der Waals surface area contributed by atoms with Crippen LogP contribution in [0, 0.1) is 5.92 Å². The van der Waals surface area contributed by atoms with Crippen LogP contribution in [0.2, 0.25) is 0 Å². The van der Waals surface area contributed by atoms with E-state index in [1.807, 2.05) is 39.0 Å². The Kier molecular flexibility index (Phi) is 5.60. The van der Waals surface area contributed by atoms with E-state index < -0.39 is 12.0 Å². The number of ether oxygens (including phenoxy) is 3. The molecule has 27 heavy (non-hydrogen) atoms. The van der Waals surface area contributed by atoms with E-state index in [4.69, 9.17) is 14.2 Å². The van der Waals surface area contributed by atoms with Crippen LogP contribution in [0.5, 0.6) is 11.5 Å². The molecule has 1 saturated carbocycles. The number of hydrogen-bond acceptors (Lipinski definition) is 5. The molecule has 0 spiro atoms. The highest BCUT2D eigenvalue weighted by Crippen LogP contribution is 2.49. The summed E-state index contributed by atoms with van der Waals surface area (Å²) < 4.78 is 16.7. The normalized spacial score (nSPS) is 22.0. The van der Waals surface area contributed by atoms with Gasteiger partial charge in [0.2, 0.25) is 5.91 Å². The summed E-state index contributed by atoms with van der Waals surface area (Å²) in [6.07, 6.45) is 0.941. The van der Waals surface area contributed by atoms with Crippen molar-refractivity contribution >= 4 is 11.9 Å². The van der Waals surface area contributed by atoms with Crippen molar-refractivity contribution < 1.29 is 28.9 Å². The standard InChI is InChI=1S/C20H27NO6/c1-20(2,3)27-7-6-15(19(23)24)21-18(22)14-11-13(14)12-4-5-16-17(10-12)26-9-8-25-16/h4-5,10,13-15H,6-9,11H2,1-3H3,(H,21,22)(H,23,24). The van der Waals surface area contributed by atoms with E-state index in [2.05, 4.69) is 5.32 Å². The average Bonchev–Trinajstić information content (AvgIpc) is 3.40. The lowest BCUT2D eigenvalue weighted by Crippen LogP contribution is -2.42. The van der Waals surface area contributed by atoms with Crippen molar-refractivity contribution in [3.63, 3.8) is 0 Å². The molecule has 1 aliphatic carbocycles. The maximum Gasteiger partial charge on any atom is 0.326 e. The molecule has 2 aliphatic rings. The number of rotatable bonds is 7. The summed E-state index contributed by atoms with van der Waals surface area (Å²) in [7, 11) is 0. The number of benzene rings is 1. The minimum Gasteiger partial charge on any atom is -0.486 e. The molecule has 1 aromatic rings. The molecule has 148 valence electrons. The quantitative estimate of drug-likeness (QED) is 0.757. The van der Waals surface area contributed by atoms with Crippen molar-refractivity contribution in [2.75, 3.05) is 19.8 Å². The van der Waals surface area contributed by atoms with Crippen LogP contribution in [-0.4, -0.2) is 48.4 Å². The number of aliphatic carboxylic acids is 1. The molecule has 1 heterocycles. The predicted octanol–water partition coefficient (Wildman–Crippen LogP) is 2.34. The molecule has 1 aliphatic heterocycles. The third-order valence-corrected chi connectivity index (χ3v) is 4.68. The van der Waals surface area contributed by atoms with Gasteiger partial charge < -0.3 is 24.6 Å². The van der Waals surface area contributed by atoms with Gasteiger partial charge in [-0.25, -0.2) is 4.79 Å². The number of carboxylic acids is 1. The Labute approximate surface area is 159 Å². The Morgan fingerprint density at radius 3 is 2.63 bits per heavy atom. The van der Waals surface area contributed by atoms with E-state index in [1.165, 1.54) is 0 Å². The highest BCUT2D eigenvalue weighted by molar-refractivity contribution is 5.87. The molecule has 1 amide bonds. The molecule has 3 atom stereocenters. The zero-order valence-electron chi connectivity index (χ0n) is 16.0. The predicted molar refractivity (Wildman–Crippen MR) is 98.2 cm³/mol. The van der Waals surface area contributed by atoms with Crippen molar-refractivity contribution in [2.45, 2.75) is 51.2 Å². The molecular formula is C20H27NO6. The lowest BCUT2D eigenvalue weighted by Gasteiger charge is -2.21. The Bertz CT molecular complexity index is 711. The topological polar surface area (TPSA) is 94.1 Å². The fourth-order valence-electron chi connectivity index (χ4n) is 3.16. The van der Waals surface area contributed by atoms with Crippen LogP contribution >= 0.6 is 0 Å². The Morgan fingerprint density at radius 2 is 1.96 bits per heavy atom. The van der Waals surface area contributed by atoms with Gasteiger partial charge in [-0.15, -0.1) is 0 Å². The molecule has 0 bridgehead atoms. The van der Waals surface area contributed by atoms with Crippen molar-refractivity contribution in [1.82, 2.24) is 5.32 Å². The van der Waals surface area contributed by atoms with E-state index in [0.29, 0.717) is 25.4 Å². The number of carbonyl (C=O) groups excluding carboxylic acids is 1. The van der Waals surface area contributed by atoms with Crippen LogP contribution in [-0.2, 0) is 14.3 Å².